The fourth-order valence-electron chi connectivity index (χ4n) is 3.72. The molecule has 2 unspecified atom stereocenters. The van der Waals surface area contributed by atoms with Crippen LogP contribution in [0.4, 0.5) is 0 Å². The molecule has 0 aromatic heterocycles. The summed E-state index contributed by atoms with van der Waals surface area (Å²) in [5.74, 6) is 4.16. The van der Waals surface area contributed by atoms with Gasteiger partial charge in [0, 0.05) is 16.9 Å². The fourth-order valence-corrected chi connectivity index (χ4v) is 4.63. The molecule has 3 rings (SSSR count). The van der Waals surface area contributed by atoms with Crippen LogP contribution in [0.2, 0.25) is 18.1 Å². The Balaban J connectivity index is 2.04. The van der Waals surface area contributed by atoms with Gasteiger partial charge in [-0.25, -0.2) is 0 Å². The largest absolute Gasteiger partial charge is 0.289 e. The van der Waals surface area contributed by atoms with Gasteiger partial charge in [0.05, 0.1) is 0 Å². The maximum absolute atomic E-state index is 12.3. The third-order valence-electron chi connectivity index (χ3n) is 6.37. The predicted molar refractivity (Wildman–Crippen MR) is 104 cm³/mol. The zero-order valence-corrected chi connectivity index (χ0v) is 16.6. The number of benzene rings is 1. The molecule has 2 atom stereocenters. The molecule has 0 bridgehead atoms. The van der Waals surface area contributed by atoms with Gasteiger partial charge >= 0.3 is 0 Å². The molecule has 2 aliphatic rings. The second-order valence-corrected chi connectivity index (χ2v) is 13.9. The first-order valence-electron chi connectivity index (χ1n) is 9.03. The van der Waals surface area contributed by atoms with Gasteiger partial charge in [-0.3, -0.25) is 4.79 Å². The zero-order valence-electron chi connectivity index (χ0n) is 15.6. The van der Waals surface area contributed by atoms with Gasteiger partial charge < -0.3 is 0 Å². The zero-order chi connectivity index (χ0) is 17.6. The topological polar surface area (TPSA) is 17.1 Å². The summed E-state index contributed by atoms with van der Waals surface area (Å²) < 4.78 is 0. The molecular formula is C22H28OSi. The Hall–Kier alpha value is -1.59. The Labute approximate surface area is 147 Å². The second-order valence-electron chi connectivity index (χ2n) is 8.87. The average Bonchev–Trinajstić information content (AvgIpc) is 2.92. The molecule has 0 saturated heterocycles. The van der Waals surface area contributed by atoms with Gasteiger partial charge in [0.15, 0.2) is 5.78 Å². The van der Waals surface area contributed by atoms with Gasteiger partial charge in [-0.15, -0.1) is 11.5 Å². The summed E-state index contributed by atoms with van der Waals surface area (Å²) in [5.41, 5.74) is 5.74. The van der Waals surface area contributed by atoms with Crippen LogP contribution < -0.4 is 0 Å². The van der Waals surface area contributed by atoms with Crippen LogP contribution in [-0.4, -0.2) is 13.9 Å². The highest BCUT2D eigenvalue weighted by Gasteiger charge is 2.45. The van der Waals surface area contributed by atoms with Gasteiger partial charge in [0.25, 0.3) is 0 Å². The number of rotatable bonds is 0. The first-order chi connectivity index (χ1) is 11.2. The predicted octanol–water partition coefficient (Wildman–Crippen LogP) is 5.53. The maximum Gasteiger partial charge on any atom is 0.185 e. The SMILES string of the molecule is CC(C)(C)[Si](C)(C)C#CC1CCCC12C=CC(=O)c1ccccc12. The molecule has 24 heavy (non-hydrogen) atoms. The van der Waals surface area contributed by atoms with E-state index in [2.05, 4.69) is 63.5 Å². The van der Waals surface area contributed by atoms with Crippen molar-refractivity contribution in [1.29, 1.82) is 0 Å². The van der Waals surface area contributed by atoms with Crippen LogP contribution in [0.3, 0.4) is 0 Å². The molecule has 1 saturated carbocycles. The lowest BCUT2D eigenvalue weighted by molar-refractivity contribution is 0.104. The van der Waals surface area contributed by atoms with Gasteiger partial charge in [-0.05, 0) is 29.5 Å². The summed E-state index contributed by atoms with van der Waals surface area (Å²) in [6, 6.07) is 8.14. The van der Waals surface area contributed by atoms with E-state index < -0.39 is 8.07 Å². The second kappa shape index (κ2) is 5.74. The molecule has 0 radical (unpaired) electrons. The van der Waals surface area contributed by atoms with Crippen LogP contribution >= 0.6 is 0 Å². The molecule has 1 spiro atoms. The van der Waals surface area contributed by atoms with Crippen molar-refractivity contribution >= 4 is 13.9 Å². The highest BCUT2D eigenvalue weighted by Crippen LogP contribution is 2.49. The Kier molecular flexibility index (Phi) is 4.12. The molecule has 126 valence electrons. The van der Waals surface area contributed by atoms with Crippen LogP contribution in [0.1, 0.15) is 56.0 Å². The third-order valence-corrected chi connectivity index (χ3v) is 10.9. The first kappa shape index (κ1) is 17.2. The van der Waals surface area contributed by atoms with Gasteiger partial charge in [-0.1, -0.05) is 70.6 Å². The Morgan fingerprint density at radius 3 is 2.62 bits per heavy atom. The van der Waals surface area contributed by atoms with E-state index in [0.717, 1.165) is 18.4 Å². The normalized spacial score (nSPS) is 26.2. The summed E-state index contributed by atoms with van der Waals surface area (Å²) in [4.78, 5) is 12.3. The van der Waals surface area contributed by atoms with Crippen molar-refractivity contribution in [3.05, 3.63) is 47.5 Å². The Bertz CT molecular complexity index is 754. The van der Waals surface area contributed by atoms with Crippen LogP contribution in [0.5, 0.6) is 0 Å². The number of ketones is 1. The van der Waals surface area contributed by atoms with Crippen LogP contribution in [-0.2, 0) is 5.41 Å². The number of carbonyl (C=O) groups is 1. The van der Waals surface area contributed by atoms with Crippen molar-refractivity contribution in [2.45, 2.75) is 63.6 Å². The molecule has 0 aliphatic heterocycles. The lowest BCUT2D eigenvalue weighted by atomic mass is 9.68. The van der Waals surface area contributed by atoms with Crippen molar-refractivity contribution in [3.8, 4) is 11.5 Å². The van der Waals surface area contributed by atoms with E-state index in [1.165, 1.54) is 12.0 Å². The maximum atomic E-state index is 12.3. The molecule has 2 aliphatic carbocycles. The van der Waals surface area contributed by atoms with E-state index in [0.29, 0.717) is 5.92 Å². The number of allylic oxidation sites excluding steroid dienone is 2. The summed E-state index contributed by atoms with van der Waals surface area (Å²) in [6.07, 6.45) is 7.37. The summed E-state index contributed by atoms with van der Waals surface area (Å²) in [5, 5.41) is 0.280. The van der Waals surface area contributed by atoms with Crippen molar-refractivity contribution < 1.29 is 4.79 Å². The van der Waals surface area contributed by atoms with E-state index >= 15 is 0 Å². The Morgan fingerprint density at radius 1 is 1.21 bits per heavy atom. The number of hydrogen-bond acceptors (Lipinski definition) is 1. The summed E-state index contributed by atoms with van der Waals surface area (Å²) >= 11 is 0. The molecule has 1 nitrogen and oxygen atoms in total. The third kappa shape index (κ3) is 2.69. The van der Waals surface area contributed by atoms with E-state index in [1.807, 2.05) is 12.1 Å². The molecular weight excluding hydrogens is 308 g/mol. The number of fused-ring (bicyclic) bond motifs is 2. The quantitative estimate of drug-likeness (QED) is 0.450. The molecule has 1 aromatic carbocycles. The smallest absolute Gasteiger partial charge is 0.185 e. The number of carbonyl (C=O) groups excluding carboxylic acids is 1. The van der Waals surface area contributed by atoms with E-state index in [4.69, 9.17) is 0 Å². The van der Waals surface area contributed by atoms with E-state index in [1.54, 1.807) is 6.08 Å². The molecule has 0 N–H and O–H groups in total. The highest BCUT2D eigenvalue weighted by atomic mass is 28.3. The van der Waals surface area contributed by atoms with Crippen molar-refractivity contribution in [2.75, 3.05) is 0 Å². The number of hydrogen-bond donors (Lipinski definition) is 0. The van der Waals surface area contributed by atoms with E-state index in [-0.39, 0.29) is 16.2 Å². The molecule has 1 aromatic rings. The van der Waals surface area contributed by atoms with Gasteiger partial charge in [0.2, 0.25) is 0 Å². The minimum absolute atomic E-state index is 0.0557. The Morgan fingerprint density at radius 2 is 1.92 bits per heavy atom. The lowest BCUT2D eigenvalue weighted by Gasteiger charge is -2.35. The van der Waals surface area contributed by atoms with Gasteiger partial charge in [-0.2, -0.15) is 0 Å². The van der Waals surface area contributed by atoms with Crippen molar-refractivity contribution in [2.24, 2.45) is 5.92 Å². The molecule has 0 heterocycles. The highest BCUT2D eigenvalue weighted by molar-refractivity contribution is 6.87. The van der Waals surface area contributed by atoms with Crippen molar-refractivity contribution in [1.82, 2.24) is 0 Å². The molecule has 2 heteroatoms. The van der Waals surface area contributed by atoms with E-state index in [9.17, 15) is 4.79 Å². The lowest BCUT2D eigenvalue weighted by Crippen LogP contribution is -2.37. The van der Waals surface area contributed by atoms with Crippen molar-refractivity contribution in [3.63, 3.8) is 0 Å². The van der Waals surface area contributed by atoms with Crippen LogP contribution in [0, 0.1) is 17.4 Å². The molecule has 1 fully saturated rings. The fraction of sp³-hybridized carbons (Fsp3) is 0.500. The molecule has 0 amide bonds. The minimum Gasteiger partial charge on any atom is -0.289 e. The summed E-state index contributed by atoms with van der Waals surface area (Å²) in [7, 11) is -1.61. The van der Waals surface area contributed by atoms with Crippen LogP contribution in [0.15, 0.2) is 36.4 Å². The first-order valence-corrected chi connectivity index (χ1v) is 12.0. The van der Waals surface area contributed by atoms with Gasteiger partial charge in [0.1, 0.15) is 8.07 Å². The summed E-state index contributed by atoms with van der Waals surface area (Å²) in [6.45, 7) is 11.7. The minimum atomic E-state index is -1.61. The average molecular weight is 337 g/mol. The van der Waals surface area contributed by atoms with Crippen LogP contribution in [0.25, 0.3) is 0 Å². The standard InChI is InChI=1S/C22H28OSi/c1-21(2,3)24(4,5)16-13-17-9-8-14-22(17)15-12-20(23)18-10-6-7-11-19(18)22/h6-7,10-12,15,17H,8-9,14H2,1-5H3. The monoisotopic (exact) mass is 336 g/mol.